The number of carbonyl (C=O) groups excluding carboxylic acids is 2. The average molecular weight is 367 g/mol. The van der Waals surface area contributed by atoms with Gasteiger partial charge < -0.3 is 16.4 Å². The second kappa shape index (κ2) is 10.5. The third kappa shape index (κ3) is 9.78. The summed E-state index contributed by atoms with van der Waals surface area (Å²) in [4.78, 5) is 28.6. The van der Waals surface area contributed by atoms with Crippen LogP contribution >= 0.6 is 0 Å². The quantitative estimate of drug-likeness (QED) is 0.477. The van der Waals surface area contributed by atoms with Gasteiger partial charge in [-0.05, 0) is 23.7 Å². The van der Waals surface area contributed by atoms with E-state index in [1.165, 1.54) is 19.3 Å². The topological polar surface area (TPSA) is 96.6 Å². The van der Waals surface area contributed by atoms with Crippen LogP contribution in [0.2, 0.25) is 0 Å². The predicted molar refractivity (Wildman–Crippen MR) is 107 cm³/mol. The van der Waals surface area contributed by atoms with Crippen molar-refractivity contribution in [3.8, 4) is 0 Å². The Morgan fingerprint density at radius 2 is 1.77 bits per heavy atom. The first-order valence-corrected chi connectivity index (χ1v) is 9.98. The largest absolute Gasteiger partial charge is 0.370 e. The zero-order valence-corrected chi connectivity index (χ0v) is 17.2. The van der Waals surface area contributed by atoms with Gasteiger partial charge in [0.1, 0.15) is 6.04 Å². The van der Waals surface area contributed by atoms with Crippen LogP contribution < -0.4 is 16.4 Å². The van der Waals surface area contributed by atoms with Gasteiger partial charge in [-0.25, -0.2) is 0 Å². The van der Waals surface area contributed by atoms with Crippen molar-refractivity contribution in [3.63, 3.8) is 0 Å². The summed E-state index contributed by atoms with van der Waals surface area (Å²) in [5.41, 5.74) is 5.79. The molecule has 0 aromatic rings. The van der Waals surface area contributed by atoms with Crippen LogP contribution in [0.3, 0.4) is 0 Å². The Labute approximate surface area is 158 Å². The molecule has 6 nitrogen and oxygen atoms in total. The summed E-state index contributed by atoms with van der Waals surface area (Å²) in [7, 11) is 0. The van der Waals surface area contributed by atoms with Crippen LogP contribution in [-0.4, -0.2) is 30.4 Å². The number of nitrogens with two attached hydrogens (primary N) is 1. The predicted octanol–water partition coefficient (Wildman–Crippen LogP) is 2.96. The molecule has 1 unspecified atom stereocenters. The van der Waals surface area contributed by atoms with Gasteiger partial charge in [0.25, 0.3) is 0 Å². The molecular formula is C20H38N4O2. The molecule has 0 aromatic carbocycles. The van der Waals surface area contributed by atoms with Gasteiger partial charge in [-0.2, -0.15) is 4.99 Å². The summed E-state index contributed by atoms with van der Waals surface area (Å²) >= 11 is 0. The zero-order valence-electron chi connectivity index (χ0n) is 17.2. The van der Waals surface area contributed by atoms with Crippen LogP contribution in [0.25, 0.3) is 0 Å². The van der Waals surface area contributed by atoms with Gasteiger partial charge in [0, 0.05) is 13.0 Å². The molecule has 1 rings (SSSR count). The Hall–Kier alpha value is -1.59. The number of nitrogens with one attached hydrogen (secondary N) is 2. The average Bonchev–Trinajstić information content (AvgIpc) is 2.50. The Morgan fingerprint density at radius 1 is 1.15 bits per heavy atom. The van der Waals surface area contributed by atoms with Gasteiger partial charge in [0.15, 0.2) is 5.96 Å². The van der Waals surface area contributed by atoms with Gasteiger partial charge in [-0.3, -0.25) is 9.59 Å². The molecule has 1 aliphatic rings. The Balaban J connectivity index is 2.72. The molecule has 0 bridgehead atoms. The Morgan fingerprint density at radius 3 is 2.31 bits per heavy atom. The van der Waals surface area contributed by atoms with Crippen molar-refractivity contribution in [2.24, 2.45) is 28.0 Å². The molecule has 0 aromatic heterocycles. The van der Waals surface area contributed by atoms with Crippen LogP contribution in [0.15, 0.2) is 4.99 Å². The third-order valence-corrected chi connectivity index (χ3v) is 4.54. The lowest BCUT2D eigenvalue weighted by Gasteiger charge is -2.27. The first-order chi connectivity index (χ1) is 12.1. The van der Waals surface area contributed by atoms with E-state index in [0.717, 1.165) is 19.3 Å². The lowest BCUT2D eigenvalue weighted by molar-refractivity contribution is -0.123. The number of nitrogens with zero attached hydrogens (tertiary/aromatic N) is 1. The van der Waals surface area contributed by atoms with Crippen LogP contribution in [0.4, 0.5) is 0 Å². The van der Waals surface area contributed by atoms with E-state index >= 15 is 0 Å². The van der Waals surface area contributed by atoms with Crippen LogP contribution in [0.1, 0.15) is 79.6 Å². The fourth-order valence-electron chi connectivity index (χ4n) is 3.25. The SMILES string of the molecule is CC(C)CNC(=O)C(CC1CCCCC1)NC(N)=NC(=O)CC(C)(C)C. The minimum absolute atomic E-state index is 0.0414. The van der Waals surface area contributed by atoms with Gasteiger partial charge in [0.2, 0.25) is 11.8 Å². The van der Waals surface area contributed by atoms with Crippen molar-refractivity contribution in [1.29, 1.82) is 0 Å². The lowest BCUT2D eigenvalue weighted by Crippen LogP contribution is -2.51. The second-order valence-electron chi connectivity index (χ2n) is 9.20. The maximum atomic E-state index is 12.6. The molecule has 1 saturated carbocycles. The number of guanidine groups is 1. The van der Waals surface area contributed by atoms with Gasteiger partial charge in [-0.15, -0.1) is 0 Å². The standard InChI is InChI=1S/C20H38N4O2/c1-14(2)13-22-18(26)16(11-15-9-7-6-8-10-15)23-19(21)24-17(25)12-20(3,4)5/h14-16H,6-13H2,1-5H3,(H,22,26)(H3,21,23,24,25). The van der Waals surface area contributed by atoms with Crippen molar-refractivity contribution in [2.75, 3.05) is 6.54 Å². The van der Waals surface area contributed by atoms with E-state index in [1.54, 1.807) is 0 Å². The molecule has 1 fully saturated rings. The molecular weight excluding hydrogens is 328 g/mol. The highest BCUT2D eigenvalue weighted by molar-refractivity contribution is 5.95. The highest BCUT2D eigenvalue weighted by Gasteiger charge is 2.25. The molecule has 0 radical (unpaired) electrons. The van der Waals surface area contributed by atoms with E-state index in [1.807, 2.05) is 20.8 Å². The van der Waals surface area contributed by atoms with Crippen LogP contribution in [-0.2, 0) is 9.59 Å². The van der Waals surface area contributed by atoms with Crippen LogP contribution in [0.5, 0.6) is 0 Å². The fraction of sp³-hybridized carbons (Fsp3) is 0.850. The Kier molecular flexibility index (Phi) is 9.09. The van der Waals surface area contributed by atoms with Gasteiger partial charge in [0.05, 0.1) is 0 Å². The van der Waals surface area contributed by atoms with Crippen molar-refractivity contribution in [3.05, 3.63) is 0 Å². The first-order valence-electron chi connectivity index (χ1n) is 9.98. The molecule has 4 N–H and O–H groups in total. The molecule has 150 valence electrons. The number of carbonyl (C=O) groups is 2. The minimum Gasteiger partial charge on any atom is -0.370 e. The van der Waals surface area contributed by atoms with Crippen LogP contribution in [0, 0.1) is 17.3 Å². The normalized spacial score (nSPS) is 17.8. The molecule has 2 amide bonds. The summed E-state index contributed by atoms with van der Waals surface area (Å²) in [5, 5.41) is 5.97. The summed E-state index contributed by atoms with van der Waals surface area (Å²) in [5.74, 6) is 0.615. The minimum atomic E-state index is -0.442. The highest BCUT2D eigenvalue weighted by Crippen LogP contribution is 2.27. The summed E-state index contributed by atoms with van der Waals surface area (Å²) in [6, 6.07) is -0.442. The monoisotopic (exact) mass is 366 g/mol. The van der Waals surface area contributed by atoms with Gasteiger partial charge >= 0.3 is 0 Å². The summed E-state index contributed by atoms with van der Waals surface area (Å²) in [6.07, 6.45) is 7.07. The Bertz CT molecular complexity index is 489. The molecule has 1 atom stereocenters. The highest BCUT2D eigenvalue weighted by atomic mass is 16.2. The molecule has 0 aliphatic heterocycles. The van der Waals surface area contributed by atoms with E-state index < -0.39 is 6.04 Å². The van der Waals surface area contributed by atoms with Crippen molar-refractivity contribution in [2.45, 2.75) is 85.6 Å². The molecule has 26 heavy (non-hydrogen) atoms. The smallest absolute Gasteiger partial charge is 0.249 e. The number of hydrogen-bond donors (Lipinski definition) is 3. The molecule has 6 heteroatoms. The van der Waals surface area contributed by atoms with Crippen molar-refractivity contribution in [1.82, 2.24) is 10.6 Å². The third-order valence-electron chi connectivity index (χ3n) is 4.54. The van der Waals surface area contributed by atoms with E-state index in [0.29, 0.717) is 24.8 Å². The van der Waals surface area contributed by atoms with Crippen molar-refractivity contribution >= 4 is 17.8 Å². The van der Waals surface area contributed by atoms with E-state index in [9.17, 15) is 9.59 Å². The molecule has 0 heterocycles. The molecule has 1 aliphatic carbocycles. The first kappa shape index (κ1) is 22.5. The number of aliphatic imine (C=N–C) groups is 1. The van der Waals surface area contributed by atoms with Crippen molar-refractivity contribution < 1.29 is 9.59 Å². The summed E-state index contributed by atoms with van der Waals surface area (Å²) in [6.45, 7) is 10.7. The zero-order chi connectivity index (χ0) is 19.7. The number of amides is 2. The van der Waals surface area contributed by atoms with E-state index in [-0.39, 0.29) is 23.2 Å². The van der Waals surface area contributed by atoms with Gasteiger partial charge in [-0.1, -0.05) is 66.7 Å². The number of rotatable bonds is 7. The number of hydrogen-bond acceptors (Lipinski definition) is 2. The molecule has 0 saturated heterocycles. The summed E-state index contributed by atoms with van der Waals surface area (Å²) < 4.78 is 0. The maximum Gasteiger partial charge on any atom is 0.249 e. The maximum absolute atomic E-state index is 12.6. The lowest BCUT2D eigenvalue weighted by atomic mass is 9.84. The van der Waals surface area contributed by atoms with E-state index in [4.69, 9.17) is 5.73 Å². The van der Waals surface area contributed by atoms with E-state index in [2.05, 4.69) is 29.5 Å². The fourth-order valence-corrected chi connectivity index (χ4v) is 3.25. The second-order valence-corrected chi connectivity index (χ2v) is 9.20. The molecule has 0 spiro atoms.